The van der Waals surface area contributed by atoms with Crippen LogP contribution in [0.3, 0.4) is 0 Å². The Morgan fingerprint density at radius 1 is 1.30 bits per heavy atom. The third-order valence-corrected chi connectivity index (χ3v) is 2.57. The number of hydrogen-bond donors (Lipinski definition) is 2. The maximum Gasteiger partial charge on any atom is 0.271 e. The molecule has 0 saturated heterocycles. The molecule has 1 aromatic carbocycles. The van der Waals surface area contributed by atoms with Gasteiger partial charge in [-0.05, 0) is 18.2 Å². The Morgan fingerprint density at radius 2 is 2.10 bits per heavy atom. The van der Waals surface area contributed by atoms with Crippen molar-refractivity contribution >= 4 is 11.7 Å². The second-order valence-corrected chi connectivity index (χ2v) is 3.96. The zero-order chi connectivity index (χ0) is 14.5. The normalized spacial score (nSPS) is 10.2. The number of nitrogens with one attached hydrogen (secondary N) is 2. The van der Waals surface area contributed by atoms with Crippen LogP contribution in [0.25, 0.3) is 0 Å². The molecule has 0 aliphatic rings. The lowest BCUT2D eigenvalue weighted by atomic mass is 10.2. The van der Waals surface area contributed by atoms with Crippen molar-refractivity contribution in [1.29, 1.82) is 0 Å². The molecule has 0 atom stereocenters. The second kappa shape index (κ2) is 6.05. The van der Waals surface area contributed by atoms with Crippen molar-refractivity contribution in [2.75, 3.05) is 12.4 Å². The van der Waals surface area contributed by atoms with Gasteiger partial charge in [-0.25, -0.2) is 13.8 Å². The van der Waals surface area contributed by atoms with Crippen LogP contribution < -0.4 is 10.6 Å². The van der Waals surface area contributed by atoms with Gasteiger partial charge in [0.05, 0.1) is 12.4 Å². The quantitative estimate of drug-likeness (QED) is 0.893. The van der Waals surface area contributed by atoms with Crippen molar-refractivity contribution in [3.05, 3.63) is 53.5 Å². The number of aromatic nitrogens is 2. The summed E-state index contributed by atoms with van der Waals surface area (Å²) in [5.41, 5.74) is 0.157. The molecular formula is C13H12F2N4O. The molecule has 0 aliphatic carbocycles. The molecule has 2 N–H and O–H groups in total. The first-order valence-electron chi connectivity index (χ1n) is 5.82. The van der Waals surface area contributed by atoms with E-state index in [1.807, 2.05) is 0 Å². The standard InChI is InChI=1S/C13H12F2N4O/c1-16-12-7-17-6-11(19-12)13(20)18-5-8-4-9(14)2-3-10(8)15/h2-4,6-7H,5H2,1H3,(H,16,19)(H,18,20). The number of carbonyl (C=O) groups is 1. The predicted molar refractivity (Wildman–Crippen MR) is 69.1 cm³/mol. The van der Waals surface area contributed by atoms with Crippen LogP contribution in [0, 0.1) is 11.6 Å². The molecule has 0 bridgehead atoms. The van der Waals surface area contributed by atoms with Gasteiger partial charge < -0.3 is 10.6 Å². The number of amides is 1. The second-order valence-electron chi connectivity index (χ2n) is 3.96. The minimum Gasteiger partial charge on any atom is -0.372 e. The van der Waals surface area contributed by atoms with Gasteiger partial charge in [-0.3, -0.25) is 9.78 Å². The van der Waals surface area contributed by atoms with E-state index in [0.29, 0.717) is 5.82 Å². The highest BCUT2D eigenvalue weighted by atomic mass is 19.1. The number of halogens is 2. The predicted octanol–water partition coefficient (Wildman–Crippen LogP) is 1.73. The van der Waals surface area contributed by atoms with E-state index in [4.69, 9.17) is 0 Å². The number of carbonyl (C=O) groups excluding carboxylic acids is 1. The monoisotopic (exact) mass is 278 g/mol. The fourth-order valence-electron chi connectivity index (χ4n) is 1.54. The largest absolute Gasteiger partial charge is 0.372 e. The smallest absolute Gasteiger partial charge is 0.271 e. The van der Waals surface area contributed by atoms with Crippen LogP contribution in [0.2, 0.25) is 0 Å². The summed E-state index contributed by atoms with van der Waals surface area (Å²) < 4.78 is 26.4. The summed E-state index contributed by atoms with van der Waals surface area (Å²) in [5, 5.41) is 5.21. The summed E-state index contributed by atoms with van der Waals surface area (Å²) in [4.78, 5) is 19.7. The number of benzene rings is 1. The van der Waals surface area contributed by atoms with Gasteiger partial charge in [-0.1, -0.05) is 0 Å². The maximum absolute atomic E-state index is 13.4. The van der Waals surface area contributed by atoms with Crippen molar-refractivity contribution in [3.63, 3.8) is 0 Å². The van der Waals surface area contributed by atoms with Gasteiger partial charge in [-0.15, -0.1) is 0 Å². The Kier molecular flexibility index (Phi) is 4.19. The van der Waals surface area contributed by atoms with Crippen LogP contribution in [0.4, 0.5) is 14.6 Å². The lowest BCUT2D eigenvalue weighted by Gasteiger charge is -2.07. The van der Waals surface area contributed by atoms with Crippen LogP contribution in [-0.2, 0) is 6.54 Å². The molecule has 2 aromatic rings. The molecule has 2 rings (SSSR count). The molecule has 0 spiro atoms. The fraction of sp³-hybridized carbons (Fsp3) is 0.154. The van der Waals surface area contributed by atoms with E-state index in [2.05, 4.69) is 20.6 Å². The molecule has 104 valence electrons. The first-order chi connectivity index (χ1) is 9.60. The van der Waals surface area contributed by atoms with E-state index in [0.717, 1.165) is 18.2 Å². The molecule has 1 aromatic heterocycles. The van der Waals surface area contributed by atoms with Gasteiger partial charge in [0.1, 0.15) is 23.1 Å². The van der Waals surface area contributed by atoms with Gasteiger partial charge in [-0.2, -0.15) is 0 Å². The highest BCUT2D eigenvalue weighted by Gasteiger charge is 2.10. The molecule has 1 amide bonds. The average molecular weight is 278 g/mol. The van der Waals surface area contributed by atoms with E-state index in [1.165, 1.54) is 12.4 Å². The lowest BCUT2D eigenvalue weighted by molar-refractivity contribution is 0.0945. The van der Waals surface area contributed by atoms with Crippen molar-refractivity contribution in [1.82, 2.24) is 15.3 Å². The minimum atomic E-state index is -0.582. The molecule has 1 heterocycles. The Bertz CT molecular complexity index is 634. The van der Waals surface area contributed by atoms with Crippen LogP contribution in [0.15, 0.2) is 30.6 Å². The molecule has 0 aliphatic heterocycles. The first-order valence-corrected chi connectivity index (χ1v) is 5.82. The Morgan fingerprint density at radius 3 is 2.85 bits per heavy atom. The van der Waals surface area contributed by atoms with Crippen molar-refractivity contribution in [2.45, 2.75) is 6.54 Å². The summed E-state index contributed by atoms with van der Waals surface area (Å²) in [6.45, 7) is -0.131. The summed E-state index contributed by atoms with van der Waals surface area (Å²) in [5.74, 6) is -1.22. The molecule has 0 fully saturated rings. The minimum absolute atomic E-state index is 0.0658. The van der Waals surface area contributed by atoms with Gasteiger partial charge in [0.25, 0.3) is 5.91 Å². The highest BCUT2D eigenvalue weighted by Crippen LogP contribution is 2.09. The molecule has 20 heavy (non-hydrogen) atoms. The van der Waals surface area contributed by atoms with Crippen molar-refractivity contribution < 1.29 is 13.6 Å². The lowest BCUT2D eigenvalue weighted by Crippen LogP contribution is -2.24. The number of rotatable bonds is 4. The molecule has 0 unspecified atom stereocenters. The molecule has 0 radical (unpaired) electrons. The van der Waals surface area contributed by atoms with Gasteiger partial charge >= 0.3 is 0 Å². The molecule has 7 heteroatoms. The Hall–Kier alpha value is -2.57. The Labute approximate surface area is 114 Å². The van der Waals surface area contributed by atoms with Gasteiger partial charge in [0.2, 0.25) is 0 Å². The van der Waals surface area contributed by atoms with Gasteiger partial charge in [0, 0.05) is 19.2 Å². The van der Waals surface area contributed by atoms with Crippen molar-refractivity contribution in [2.24, 2.45) is 0 Å². The van der Waals surface area contributed by atoms with E-state index >= 15 is 0 Å². The third-order valence-electron chi connectivity index (χ3n) is 2.57. The third kappa shape index (κ3) is 3.25. The number of anilines is 1. The van der Waals surface area contributed by atoms with Crippen LogP contribution in [0.5, 0.6) is 0 Å². The fourth-order valence-corrected chi connectivity index (χ4v) is 1.54. The van der Waals surface area contributed by atoms with E-state index < -0.39 is 17.5 Å². The summed E-state index contributed by atoms with van der Waals surface area (Å²) >= 11 is 0. The first kappa shape index (κ1) is 13.9. The number of hydrogen-bond acceptors (Lipinski definition) is 4. The van der Waals surface area contributed by atoms with Gasteiger partial charge in [0.15, 0.2) is 0 Å². The van der Waals surface area contributed by atoms with Crippen LogP contribution >= 0.6 is 0 Å². The topological polar surface area (TPSA) is 66.9 Å². The van der Waals surface area contributed by atoms with Crippen LogP contribution in [0.1, 0.15) is 16.1 Å². The zero-order valence-corrected chi connectivity index (χ0v) is 10.7. The molecule has 5 nitrogen and oxygen atoms in total. The summed E-state index contributed by atoms with van der Waals surface area (Å²) in [6, 6.07) is 3.06. The van der Waals surface area contributed by atoms with Crippen molar-refractivity contribution in [3.8, 4) is 0 Å². The average Bonchev–Trinajstić information content (AvgIpc) is 2.48. The molecule has 0 saturated carbocycles. The summed E-state index contributed by atoms with van der Waals surface area (Å²) in [6.07, 6.45) is 2.75. The van der Waals surface area contributed by atoms with E-state index in [-0.39, 0.29) is 17.8 Å². The van der Waals surface area contributed by atoms with E-state index in [1.54, 1.807) is 7.05 Å². The Balaban J connectivity index is 2.06. The zero-order valence-electron chi connectivity index (χ0n) is 10.7. The maximum atomic E-state index is 13.4. The number of nitrogens with zero attached hydrogens (tertiary/aromatic N) is 2. The van der Waals surface area contributed by atoms with E-state index in [9.17, 15) is 13.6 Å². The SMILES string of the molecule is CNc1cncc(C(=O)NCc2cc(F)ccc2F)n1. The highest BCUT2D eigenvalue weighted by molar-refractivity contribution is 5.92. The van der Waals surface area contributed by atoms with Crippen LogP contribution in [-0.4, -0.2) is 22.9 Å². The summed E-state index contributed by atoms with van der Waals surface area (Å²) in [7, 11) is 1.65. The molecular weight excluding hydrogens is 266 g/mol.